The third-order valence-electron chi connectivity index (χ3n) is 4.28. The van der Waals surface area contributed by atoms with Gasteiger partial charge >= 0.3 is 0 Å². The molecule has 0 unspecified atom stereocenters. The lowest BCUT2D eigenvalue weighted by molar-refractivity contribution is -0.132. The Labute approximate surface area is 140 Å². The quantitative estimate of drug-likeness (QED) is 0.844. The number of aromatic nitrogens is 4. The van der Waals surface area contributed by atoms with Crippen LogP contribution in [0.25, 0.3) is 0 Å². The first-order chi connectivity index (χ1) is 11.1. The molecule has 0 radical (unpaired) electrons. The van der Waals surface area contributed by atoms with Crippen LogP contribution >= 0.6 is 11.3 Å². The van der Waals surface area contributed by atoms with E-state index in [1.807, 2.05) is 4.90 Å². The Kier molecular flexibility index (Phi) is 5.05. The molecule has 124 valence electrons. The summed E-state index contributed by atoms with van der Waals surface area (Å²) in [7, 11) is 0. The van der Waals surface area contributed by atoms with Crippen molar-refractivity contribution >= 4 is 17.2 Å². The van der Waals surface area contributed by atoms with Crippen LogP contribution in [0.5, 0.6) is 0 Å². The van der Waals surface area contributed by atoms with E-state index in [9.17, 15) is 4.79 Å². The Morgan fingerprint density at radius 2 is 2.35 bits per heavy atom. The zero-order valence-corrected chi connectivity index (χ0v) is 14.5. The molecule has 1 saturated heterocycles. The summed E-state index contributed by atoms with van der Waals surface area (Å²) < 4.78 is 1.70. The van der Waals surface area contributed by atoms with E-state index in [-0.39, 0.29) is 5.91 Å². The van der Waals surface area contributed by atoms with Gasteiger partial charge in [-0.1, -0.05) is 13.8 Å². The van der Waals surface area contributed by atoms with E-state index in [1.165, 1.54) is 17.0 Å². The number of piperidine rings is 1. The molecule has 1 atom stereocenters. The first-order valence-corrected chi connectivity index (χ1v) is 9.07. The predicted octanol–water partition coefficient (Wildman–Crippen LogP) is 2.65. The van der Waals surface area contributed by atoms with E-state index in [1.54, 1.807) is 22.3 Å². The summed E-state index contributed by atoms with van der Waals surface area (Å²) in [6.45, 7) is 6.57. The zero-order valence-electron chi connectivity index (χ0n) is 13.7. The van der Waals surface area contributed by atoms with E-state index in [2.05, 4.69) is 29.3 Å². The summed E-state index contributed by atoms with van der Waals surface area (Å²) in [6.07, 6.45) is 5.80. The number of nitrogens with zero attached hydrogens (tertiary/aromatic N) is 5. The summed E-state index contributed by atoms with van der Waals surface area (Å²) in [4.78, 5) is 23.1. The van der Waals surface area contributed by atoms with Crippen LogP contribution in [0.4, 0.5) is 0 Å². The largest absolute Gasteiger partial charge is 0.342 e. The van der Waals surface area contributed by atoms with Crippen LogP contribution in [-0.2, 0) is 11.3 Å². The minimum atomic E-state index is 0.200. The monoisotopic (exact) mass is 333 g/mol. The average Bonchev–Trinajstić information content (AvgIpc) is 3.24. The third-order valence-corrected chi connectivity index (χ3v) is 5.30. The van der Waals surface area contributed by atoms with Crippen molar-refractivity contribution < 1.29 is 4.79 Å². The Morgan fingerprint density at radius 1 is 1.48 bits per heavy atom. The van der Waals surface area contributed by atoms with Gasteiger partial charge in [0.05, 0.1) is 17.2 Å². The second-order valence-electron chi connectivity index (χ2n) is 6.35. The number of aryl methyl sites for hydroxylation is 1. The van der Waals surface area contributed by atoms with E-state index < -0.39 is 0 Å². The number of amides is 1. The predicted molar refractivity (Wildman–Crippen MR) is 89.4 cm³/mol. The molecule has 1 fully saturated rings. The van der Waals surface area contributed by atoms with Crippen molar-refractivity contribution in [1.82, 2.24) is 24.6 Å². The SMILES string of the molecule is CC(C)c1csc([C@H]2CCCN(C(=O)CCn3cncn3)C2)n1. The smallest absolute Gasteiger partial charge is 0.224 e. The Morgan fingerprint density at radius 3 is 3.04 bits per heavy atom. The molecule has 1 amide bonds. The molecule has 0 N–H and O–H groups in total. The lowest BCUT2D eigenvalue weighted by atomic mass is 9.98. The van der Waals surface area contributed by atoms with Crippen molar-refractivity contribution in [3.63, 3.8) is 0 Å². The molecular formula is C16H23N5OS. The normalized spacial score (nSPS) is 18.6. The highest BCUT2D eigenvalue weighted by atomic mass is 32.1. The summed E-state index contributed by atoms with van der Waals surface area (Å²) in [6, 6.07) is 0. The van der Waals surface area contributed by atoms with Gasteiger partial charge in [-0.2, -0.15) is 5.10 Å². The fourth-order valence-electron chi connectivity index (χ4n) is 2.88. The Balaban J connectivity index is 1.57. The maximum absolute atomic E-state index is 12.4. The molecule has 7 heteroatoms. The molecule has 2 aromatic rings. The summed E-state index contributed by atoms with van der Waals surface area (Å²) >= 11 is 1.74. The van der Waals surface area contributed by atoms with Gasteiger partial charge in [-0.15, -0.1) is 11.3 Å². The molecular weight excluding hydrogens is 310 g/mol. The van der Waals surface area contributed by atoms with Crippen LogP contribution in [-0.4, -0.2) is 43.6 Å². The highest BCUT2D eigenvalue weighted by Crippen LogP contribution is 2.31. The molecule has 1 aliphatic heterocycles. The van der Waals surface area contributed by atoms with Crippen molar-refractivity contribution in [2.45, 2.75) is 51.5 Å². The van der Waals surface area contributed by atoms with Gasteiger partial charge in [0.2, 0.25) is 5.91 Å². The van der Waals surface area contributed by atoms with Gasteiger partial charge in [-0.25, -0.2) is 9.97 Å². The maximum atomic E-state index is 12.4. The molecule has 6 nitrogen and oxygen atoms in total. The van der Waals surface area contributed by atoms with Gasteiger partial charge in [0.1, 0.15) is 12.7 Å². The third kappa shape index (κ3) is 3.96. The minimum absolute atomic E-state index is 0.200. The number of carbonyl (C=O) groups excluding carboxylic acids is 1. The highest BCUT2D eigenvalue weighted by Gasteiger charge is 2.26. The second kappa shape index (κ2) is 7.21. The zero-order chi connectivity index (χ0) is 16.2. The van der Waals surface area contributed by atoms with Crippen molar-refractivity contribution in [2.24, 2.45) is 0 Å². The average molecular weight is 333 g/mol. The number of rotatable bonds is 5. The van der Waals surface area contributed by atoms with Gasteiger partial charge in [0.25, 0.3) is 0 Å². The lowest BCUT2D eigenvalue weighted by Gasteiger charge is -2.32. The molecule has 0 spiro atoms. The van der Waals surface area contributed by atoms with E-state index in [0.29, 0.717) is 24.8 Å². The molecule has 3 rings (SSSR count). The molecule has 0 aromatic carbocycles. The minimum Gasteiger partial charge on any atom is -0.342 e. The fraction of sp³-hybridized carbons (Fsp3) is 0.625. The number of carbonyl (C=O) groups is 1. The summed E-state index contributed by atoms with van der Waals surface area (Å²) in [5.41, 5.74) is 1.17. The lowest BCUT2D eigenvalue weighted by Crippen LogP contribution is -2.39. The molecule has 23 heavy (non-hydrogen) atoms. The van der Waals surface area contributed by atoms with Crippen molar-refractivity contribution in [1.29, 1.82) is 0 Å². The van der Waals surface area contributed by atoms with Gasteiger partial charge < -0.3 is 4.90 Å². The van der Waals surface area contributed by atoms with Crippen molar-refractivity contribution in [3.05, 3.63) is 28.7 Å². The summed E-state index contributed by atoms with van der Waals surface area (Å²) in [5, 5.41) is 7.38. The number of hydrogen-bond acceptors (Lipinski definition) is 5. The van der Waals surface area contributed by atoms with E-state index in [4.69, 9.17) is 4.98 Å². The Bertz CT molecular complexity index is 637. The van der Waals surface area contributed by atoms with Crippen LogP contribution in [0.3, 0.4) is 0 Å². The molecule has 1 aliphatic rings. The topological polar surface area (TPSA) is 63.9 Å². The first-order valence-electron chi connectivity index (χ1n) is 8.19. The second-order valence-corrected chi connectivity index (χ2v) is 7.24. The van der Waals surface area contributed by atoms with Gasteiger partial charge in [-0.3, -0.25) is 9.48 Å². The van der Waals surface area contributed by atoms with E-state index >= 15 is 0 Å². The van der Waals surface area contributed by atoms with Crippen LogP contribution in [0.1, 0.15) is 55.6 Å². The maximum Gasteiger partial charge on any atom is 0.224 e. The standard InChI is InChI=1S/C16H23N5OS/c1-12(2)14-9-23-16(19-14)13-4-3-6-20(8-13)15(22)5-7-21-11-17-10-18-21/h9-13H,3-8H2,1-2H3/t13-/m0/s1. The molecule has 2 aromatic heterocycles. The van der Waals surface area contributed by atoms with Crippen LogP contribution in [0, 0.1) is 0 Å². The van der Waals surface area contributed by atoms with Crippen LogP contribution in [0.2, 0.25) is 0 Å². The van der Waals surface area contributed by atoms with Crippen LogP contribution in [0.15, 0.2) is 18.0 Å². The number of likely N-dealkylation sites (tertiary alicyclic amines) is 1. The van der Waals surface area contributed by atoms with Gasteiger partial charge in [0.15, 0.2) is 0 Å². The summed E-state index contributed by atoms with van der Waals surface area (Å²) in [5.74, 6) is 1.05. The van der Waals surface area contributed by atoms with Crippen molar-refractivity contribution in [3.8, 4) is 0 Å². The first kappa shape index (κ1) is 16.1. The molecule has 3 heterocycles. The molecule has 0 bridgehead atoms. The highest BCUT2D eigenvalue weighted by molar-refractivity contribution is 7.09. The van der Waals surface area contributed by atoms with Gasteiger partial charge in [0, 0.05) is 30.8 Å². The van der Waals surface area contributed by atoms with Crippen molar-refractivity contribution in [2.75, 3.05) is 13.1 Å². The van der Waals surface area contributed by atoms with E-state index in [0.717, 1.165) is 25.9 Å². The number of thiazole rings is 1. The van der Waals surface area contributed by atoms with Gasteiger partial charge in [-0.05, 0) is 18.8 Å². The number of hydrogen-bond donors (Lipinski definition) is 0. The fourth-order valence-corrected chi connectivity index (χ4v) is 3.98. The Hall–Kier alpha value is -1.76. The molecule has 0 saturated carbocycles. The molecule has 0 aliphatic carbocycles. The van der Waals surface area contributed by atoms with Crippen LogP contribution < -0.4 is 0 Å².